The monoisotopic (exact) mass is 633 g/mol. The van der Waals surface area contributed by atoms with Crippen LogP contribution >= 0.6 is 0 Å². The summed E-state index contributed by atoms with van der Waals surface area (Å²) in [6.07, 6.45) is 1.76. The summed E-state index contributed by atoms with van der Waals surface area (Å²) in [4.78, 5) is 19.2. The van der Waals surface area contributed by atoms with Crippen LogP contribution in [0.15, 0.2) is 140 Å². The van der Waals surface area contributed by atoms with Gasteiger partial charge >= 0.3 is 0 Å². The third kappa shape index (κ3) is 4.39. The molecule has 3 heterocycles. The SMILES string of the molecule is CC1(C)c2ccccc2-c2c(ccc3c2c2ccccc2n3-c2ccc(-c3nc(-c4ccccc4)nc(-c4ccccn4)n3)cc2)C1(C)C. The number of hydrogen-bond donors (Lipinski definition) is 0. The van der Waals surface area contributed by atoms with Crippen LogP contribution < -0.4 is 0 Å². The second kappa shape index (κ2) is 10.8. The van der Waals surface area contributed by atoms with Gasteiger partial charge in [-0.1, -0.05) is 113 Å². The number of pyridine rings is 1. The summed E-state index contributed by atoms with van der Waals surface area (Å²) in [6.45, 7) is 9.57. The first-order chi connectivity index (χ1) is 23.8. The van der Waals surface area contributed by atoms with Crippen molar-refractivity contribution in [3.8, 4) is 51.1 Å². The number of aromatic nitrogens is 5. The van der Waals surface area contributed by atoms with Crippen LogP contribution in [0.4, 0.5) is 0 Å². The van der Waals surface area contributed by atoms with E-state index in [4.69, 9.17) is 15.0 Å². The fourth-order valence-electron chi connectivity index (χ4n) is 7.65. The molecule has 0 saturated heterocycles. The summed E-state index contributed by atoms with van der Waals surface area (Å²) in [5.41, 5.74) is 11.4. The fourth-order valence-corrected chi connectivity index (χ4v) is 7.65. The maximum Gasteiger partial charge on any atom is 0.182 e. The highest BCUT2D eigenvalue weighted by molar-refractivity contribution is 6.17. The zero-order valence-electron chi connectivity index (χ0n) is 28.0. The highest BCUT2D eigenvalue weighted by Gasteiger charge is 2.46. The van der Waals surface area contributed by atoms with Crippen molar-refractivity contribution in [3.63, 3.8) is 0 Å². The Kier molecular flexibility index (Phi) is 6.44. The molecule has 0 amide bonds. The largest absolute Gasteiger partial charge is 0.309 e. The first-order valence-electron chi connectivity index (χ1n) is 16.8. The van der Waals surface area contributed by atoms with E-state index in [1.54, 1.807) is 6.20 Å². The normalized spacial score (nSPS) is 14.4. The molecule has 0 fully saturated rings. The minimum Gasteiger partial charge on any atom is -0.309 e. The molecule has 0 atom stereocenters. The van der Waals surface area contributed by atoms with E-state index in [-0.39, 0.29) is 10.8 Å². The third-order valence-corrected chi connectivity index (χ3v) is 10.9. The predicted octanol–water partition coefficient (Wildman–Crippen LogP) is 10.6. The quantitative estimate of drug-likeness (QED) is 0.193. The van der Waals surface area contributed by atoms with Gasteiger partial charge in [-0.25, -0.2) is 15.0 Å². The lowest BCUT2D eigenvalue weighted by Crippen LogP contribution is -2.43. The molecule has 0 N–H and O–H groups in total. The van der Waals surface area contributed by atoms with Gasteiger partial charge in [-0.2, -0.15) is 0 Å². The summed E-state index contributed by atoms with van der Waals surface area (Å²) in [5, 5.41) is 2.56. The Labute approximate surface area is 286 Å². The van der Waals surface area contributed by atoms with Gasteiger partial charge in [0, 0.05) is 33.8 Å². The first-order valence-corrected chi connectivity index (χ1v) is 16.8. The summed E-state index contributed by atoms with van der Waals surface area (Å²) < 4.78 is 2.40. The molecule has 0 bridgehead atoms. The lowest BCUT2D eigenvalue weighted by atomic mass is 9.55. The van der Waals surface area contributed by atoms with Crippen LogP contribution in [0.3, 0.4) is 0 Å². The molecule has 0 saturated carbocycles. The van der Waals surface area contributed by atoms with Gasteiger partial charge in [0.05, 0.1) is 11.0 Å². The van der Waals surface area contributed by atoms with E-state index in [1.807, 2.05) is 48.5 Å². The van der Waals surface area contributed by atoms with E-state index >= 15 is 0 Å². The average Bonchev–Trinajstić information content (AvgIpc) is 3.49. The molecule has 5 nitrogen and oxygen atoms in total. The zero-order chi connectivity index (χ0) is 33.3. The molecule has 0 spiro atoms. The molecule has 5 heteroatoms. The van der Waals surface area contributed by atoms with E-state index in [0.29, 0.717) is 23.2 Å². The van der Waals surface area contributed by atoms with Crippen molar-refractivity contribution in [2.24, 2.45) is 0 Å². The van der Waals surface area contributed by atoms with Crippen molar-refractivity contribution in [2.45, 2.75) is 38.5 Å². The number of para-hydroxylation sites is 1. The minimum absolute atomic E-state index is 0.0235. The van der Waals surface area contributed by atoms with Crippen molar-refractivity contribution >= 4 is 21.8 Å². The van der Waals surface area contributed by atoms with Crippen molar-refractivity contribution in [3.05, 3.63) is 151 Å². The predicted molar refractivity (Wildman–Crippen MR) is 200 cm³/mol. The Morgan fingerprint density at radius 1 is 0.490 bits per heavy atom. The van der Waals surface area contributed by atoms with Gasteiger partial charge in [0.2, 0.25) is 0 Å². The summed E-state index contributed by atoms with van der Waals surface area (Å²) in [7, 11) is 0. The van der Waals surface area contributed by atoms with Gasteiger partial charge in [-0.3, -0.25) is 4.98 Å². The molecule has 1 aliphatic rings. The van der Waals surface area contributed by atoms with Crippen LogP contribution in [0.25, 0.3) is 72.9 Å². The van der Waals surface area contributed by atoms with Crippen LogP contribution in [0.5, 0.6) is 0 Å². The van der Waals surface area contributed by atoms with Crippen molar-refractivity contribution in [2.75, 3.05) is 0 Å². The first kappa shape index (κ1) is 29.2. The summed E-state index contributed by atoms with van der Waals surface area (Å²) in [6, 6.07) is 46.9. The molecule has 49 heavy (non-hydrogen) atoms. The van der Waals surface area contributed by atoms with Gasteiger partial charge < -0.3 is 4.57 Å². The van der Waals surface area contributed by atoms with Gasteiger partial charge in [0.25, 0.3) is 0 Å². The van der Waals surface area contributed by atoms with Crippen molar-refractivity contribution < 1.29 is 0 Å². The van der Waals surface area contributed by atoms with E-state index < -0.39 is 0 Å². The van der Waals surface area contributed by atoms with Crippen LogP contribution in [-0.4, -0.2) is 24.5 Å². The standard InChI is InChI=1S/C44H35N5/c1-43(2)33-18-10-8-16-31(33)38-34(44(43,3)4)25-26-37-39(38)32-17-9-11-20-36(32)49(37)30-23-21-29(22-24-30)41-46-40(28-14-6-5-7-15-28)47-42(48-41)35-19-12-13-27-45-35/h5-27H,1-4H3. The molecular formula is C44H35N5. The number of rotatable bonds is 4. The lowest BCUT2D eigenvalue weighted by Gasteiger charge is -2.48. The topological polar surface area (TPSA) is 56.5 Å². The second-order valence-electron chi connectivity index (χ2n) is 14.0. The Morgan fingerprint density at radius 3 is 1.88 bits per heavy atom. The van der Waals surface area contributed by atoms with Crippen LogP contribution in [0, 0.1) is 0 Å². The third-order valence-electron chi connectivity index (χ3n) is 10.9. The van der Waals surface area contributed by atoms with E-state index in [1.165, 1.54) is 44.1 Å². The van der Waals surface area contributed by atoms with E-state index in [0.717, 1.165) is 16.8 Å². The number of fused-ring (bicyclic) bond motifs is 7. The van der Waals surface area contributed by atoms with Crippen LogP contribution in [0.1, 0.15) is 38.8 Å². The summed E-state index contributed by atoms with van der Waals surface area (Å²) >= 11 is 0. The Morgan fingerprint density at radius 2 is 1.12 bits per heavy atom. The molecular weight excluding hydrogens is 599 g/mol. The molecule has 0 radical (unpaired) electrons. The van der Waals surface area contributed by atoms with Crippen molar-refractivity contribution in [1.82, 2.24) is 24.5 Å². The minimum atomic E-state index is -0.0625. The van der Waals surface area contributed by atoms with Crippen molar-refractivity contribution in [1.29, 1.82) is 0 Å². The maximum absolute atomic E-state index is 4.93. The lowest BCUT2D eigenvalue weighted by molar-refractivity contribution is 0.299. The molecule has 8 aromatic rings. The van der Waals surface area contributed by atoms with Crippen LogP contribution in [-0.2, 0) is 10.8 Å². The summed E-state index contributed by atoms with van der Waals surface area (Å²) in [5.74, 6) is 1.78. The second-order valence-corrected chi connectivity index (χ2v) is 14.0. The fraction of sp³-hybridized carbons (Fsp3) is 0.136. The van der Waals surface area contributed by atoms with Gasteiger partial charge in [-0.15, -0.1) is 0 Å². The number of nitrogens with zero attached hydrogens (tertiary/aromatic N) is 5. The van der Waals surface area contributed by atoms with Gasteiger partial charge in [0.15, 0.2) is 17.5 Å². The zero-order valence-corrected chi connectivity index (χ0v) is 28.0. The Hall–Kier alpha value is -5.94. The Balaban J connectivity index is 1.23. The smallest absolute Gasteiger partial charge is 0.182 e. The molecule has 5 aromatic carbocycles. The van der Waals surface area contributed by atoms with Gasteiger partial charge in [0.1, 0.15) is 5.69 Å². The molecule has 0 aliphatic heterocycles. The van der Waals surface area contributed by atoms with E-state index in [9.17, 15) is 0 Å². The molecule has 0 unspecified atom stereocenters. The highest BCUT2D eigenvalue weighted by Crippen LogP contribution is 2.56. The van der Waals surface area contributed by atoms with Gasteiger partial charge in [-0.05, 0) is 81.6 Å². The van der Waals surface area contributed by atoms with Crippen LogP contribution in [0.2, 0.25) is 0 Å². The molecule has 9 rings (SSSR count). The molecule has 1 aliphatic carbocycles. The Bertz CT molecular complexity index is 2470. The number of benzene rings is 5. The maximum atomic E-state index is 4.93. The highest BCUT2D eigenvalue weighted by atomic mass is 15.0. The molecule has 3 aromatic heterocycles. The molecule has 236 valence electrons. The number of hydrogen-bond acceptors (Lipinski definition) is 4. The average molecular weight is 634 g/mol. The van der Waals surface area contributed by atoms with E-state index in [2.05, 4.69) is 122 Å².